The number of fused-ring (bicyclic) bond motifs is 1. The highest BCUT2D eigenvalue weighted by Gasteiger charge is 2.17. The Hall–Kier alpha value is -3.20. The molecule has 162 valence electrons. The molecule has 4 aromatic rings. The van der Waals surface area contributed by atoms with E-state index in [1.807, 2.05) is 24.3 Å². The van der Waals surface area contributed by atoms with E-state index in [4.69, 9.17) is 11.6 Å². The van der Waals surface area contributed by atoms with Gasteiger partial charge in [-0.1, -0.05) is 60.1 Å². The molecule has 4 rings (SSSR count). The number of anilines is 1. The van der Waals surface area contributed by atoms with Gasteiger partial charge in [0, 0.05) is 15.8 Å². The Labute approximate surface area is 194 Å². The first kappa shape index (κ1) is 22.0. The highest BCUT2D eigenvalue weighted by Crippen LogP contribution is 2.35. The smallest absolute Gasteiger partial charge is 0.280 e. The second-order valence-electron chi connectivity index (χ2n) is 6.88. The number of carbonyl (C=O) groups is 1. The predicted octanol–water partition coefficient (Wildman–Crippen LogP) is 5.51. The van der Waals surface area contributed by atoms with Crippen molar-refractivity contribution in [3.8, 4) is 0 Å². The van der Waals surface area contributed by atoms with Crippen molar-refractivity contribution in [1.82, 2.24) is 5.43 Å². The third-order valence-electron chi connectivity index (χ3n) is 4.65. The number of hydrogen-bond acceptors (Lipinski definition) is 5. The Kier molecular flexibility index (Phi) is 6.27. The van der Waals surface area contributed by atoms with Crippen LogP contribution in [-0.2, 0) is 10.0 Å². The van der Waals surface area contributed by atoms with Gasteiger partial charge >= 0.3 is 0 Å². The molecular weight excluding hydrogens is 466 g/mol. The fourth-order valence-corrected chi connectivity index (χ4v) is 5.51. The number of benzene rings is 3. The maximum absolute atomic E-state index is 12.6. The standard InChI is InChI=1S/C23H18ClN3O3S2/c1-15(25-26-23(28)22-21(24)19-12-5-6-13-20(19)31-22)16-8-7-9-17(14-16)27-32(29,30)18-10-3-2-4-11-18/h2-14,27H,1H3,(H,26,28). The summed E-state index contributed by atoms with van der Waals surface area (Å²) in [6.45, 7) is 1.72. The molecule has 2 N–H and O–H groups in total. The summed E-state index contributed by atoms with van der Waals surface area (Å²) >= 11 is 7.65. The Morgan fingerprint density at radius 2 is 1.69 bits per heavy atom. The molecule has 3 aromatic carbocycles. The summed E-state index contributed by atoms with van der Waals surface area (Å²) in [5, 5.41) is 5.38. The maximum Gasteiger partial charge on any atom is 0.283 e. The van der Waals surface area contributed by atoms with Gasteiger partial charge in [0.25, 0.3) is 15.9 Å². The quantitative estimate of drug-likeness (QED) is 0.280. The number of hydrogen-bond donors (Lipinski definition) is 2. The van der Waals surface area contributed by atoms with Gasteiger partial charge in [-0.25, -0.2) is 13.8 Å². The number of carbonyl (C=O) groups excluding carboxylic acids is 1. The number of thiophene rings is 1. The Balaban J connectivity index is 1.51. The molecule has 0 aliphatic rings. The van der Waals surface area contributed by atoms with E-state index in [0.29, 0.717) is 26.9 Å². The SMILES string of the molecule is CC(=NNC(=O)c1sc2ccccc2c1Cl)c1cccc(NS(=O)(=O)c2ccccc2)c1. The van der Waals surface area contributed by atoms with Crippen LogP contribution in [0.3, 0.4) is 0 Å². The minimum absolute atomic E-state index is 0.170. The Bertz CT molecular complexity index is 1430. The second-order valence-corrected chi connectivity index (χ2v) is 9.99. The molecule has 32 heavy (non-hydrogen) atoms. The molecule has 9 heteroatoms. The van der Waals surface area contributed by atoms with Crippen LogP contribution in [0.2, 0.25) is 5.02 Å². The molecule has 1 heterocycles. The van der Waals surface area contributed by atoms with Crippen molar-refractivity contribution in [2.75, 3.05) is 4.72 Å². The molecule has 0 unspecified atom stereocenters. The van der Waals surface area contributed by atoms with Crippen LogP contribution in [0.15, 0.2) is 88.9 Å². The van der Waals surface area contributed by atoms with Crippen molar-refractivity contribution < 1.29 is 13.2 Å². The number of halogens is 1. The van der Waals surface area contributed by atoms with Gasteiger partial charge < -0.3 is 0 Å². The molecule has 0 saturated carbocycles. The van der Waals surface area contributed by atoms with E-state index >= 15 is 0 Å². The molecule has 0 saturated heterocycles. The lowest BCUT2D eigenvalue weighted by molar-refractivity contribution is 0.0959. The predicted molar refractivity (Wildman–Crippen MR) is 130 cm³/mol. The number of amides is 1. The van der Waals surface area contributed by atoms with Gasteiger partial charge in [0.05, 0.1) is 15.6 Å². The normalized spacial score (nSPS) is 12.0. The van der Waals surface area contributed by atoms with Crippen LogP contribution in [0, 0.1) is 0 Å². The van der Waals surface area contributed by atoms with Crippen LogP contribution in [-0.4, -0.2) is 20.0 Å². The monoisotopic (exact) mass is 483 g/mol. The lowest BCUT2D eigenvalue weighted by Gasteiger charge is -2.09. The number of rotatable bonds is 6. The molecule has 1 amide bonds. The van der Waals surface area contributed by atoms with Crippen LogP contribution in [0.25, 0.3) is 10.1 Å². The van der Waals surface area contributed by atoms with Crippen molar-refractivity contribution in [3.05, 3.63) is 94.3 Å². The molecular formula is C23H18ClN3O3S2. The largest absolute Gasteiger partial charge is 0.283 e. The molecule has 0 aliphatic heterocycles. The summed E-state index contributed by atoms with van der Waals surface area (Å²) in [7, 11) is -3.71. The van der Waals surface area contributed by atoms with Gasteiger partial charge in [-0.2, -0.15) is 5.10 Å². The van der Waals surface area contributed by atoms with Gasteiger partial charge in [-0.3, -0.25) is 9.52 Å². The minimum Gasteiger partial charge on any atom is -0.280 e. The third-order valence-corrected chi connectivity index (χ3v) is 7.72. The van der Waals surface area contributed by atoms with Gasteiger partial charge in [-0.15, -0.1) is 11.3 Å². The molecule has 0 radical (unpaired) electrons. The van der Waals surface area contributed by atoms with Gasteiger partial charge in [0.1, 0.15) is 4.88 Å². The van der Waals surface area contributed by atoms with Crippen LogP contribution in [0.5, 0.6) is 0 Å². The molecule has 0 atom stereocenters. The molecule has 6 nitrogen and oxygen atoms in total. The zero-order chi connectivity index (χ0) is 22.7. The molecule has 0 aliphatic carbocycles. The maximum atomic E-state index is 12.6. The lowest BCUT2D eigenvalue weighted by Crippen LogP contribution is -2.18. The van der Waals surface area contributed by atoms with Crippen LogP contribution in [0.1, 0.15) is 22.2 Å². The Morgan fingerprint density at radius 1 is 0.969 bits per heavy atom. The van der Waals surface area contributed by atoms with Crippen LogP contribution < -0.4 is 10.1 Å². The first-order chi connectivity index (χ1) is 15.3. The summed E-state index contributed by atoms with van der Waals surface area (Å²) < 4.78 is 28.6. The van der Waals surface area contributed by atoms with E-state index in [1.54, 1.807) is 49.4 Å². The fraction of sp³-hybridized carbons (Fsp3) is 0.0435. The summed E-state index contributed by atoms with van der Waals surface area (Å²) in [5.74, 6) is -0.406. The topological polar surface area (TPSA) is 87.6 Å². The number of sulfonamides is 1. The Morgan fingerprint density at radius 3 is 2.44 bits per heavy atom. The summed E-state index contributed by atoms with van der Waals surface area (Å²) in [5.41, 5.74) is 4.08. The molecule has 0 bridgehead atoms. The average Bonchev–Trinajstić information content (AvgIpc) is 3.14. The first-order valence-electron chi connectivity index (χ1n) is 9.55. The summed E-state index contributed by atoms with van der Waals surface area (Å²) in [6, 6.07) is 22.4. The molecule has 0 spiro atoms. The van der Waals surface area contributed by atoms with Crippen molar-refractivity contribution in [3.63, 3.8) is 0 Å². The lowest BCUT2D eigenvalue weighted by atomic mass is 10.1. The zero-order valence-corrected chi connectivity index (χ0v) is 19.3. The molecule has 0 fully saturated rings. The highest BCUT2D eigenvalue weighted by atomic mass is 35.5. The number of hydrazone groups is 1. The van der Waals surface area contributed by atoms with Gasteiger partial charge in [0.15, 0.2) is 0 Å². The fourth-order valence-electron chi connectivity index (χ4n) is 3.03. The van der Waals surface area contributed by atoms with E-state index in [0.717, 1.165) is 10.1 Å². The van der Waals surface area contributed by atoms with Crippen LogP contribution in [0.4, 0.5) is 5.69 Å². The van der Waals surface area contributed by atoms with Crippen molar-refractivity contribution in [1.29, 1.82) is 0 Å². The number of nitrogens with one attached hydrogen (secondary N) is 2. The number of nitrogens with zero attached hydrogens (tertiary/aromatic N) is 1. The van der Waals surface area contributed by atoms with E-state index in [2.05, 4.69) is 15.2 Å². The van der Waals surface area contributed by atoms with E-state index < -0.39 is 15.9 Å². The van der Waals surface area contributed by atoms with Gasteiger partial charge in [0.2, 0.25) is 0 Å². The van der Waals surface area contributed by atoms with Crippen molar-refractivity contribution >= 4 is 60.4 Å². The average molecular weight is 484 g/mol. The van der Waals surface area contributed by atoms with Gasteiger partial charge in [-0.05, 0) is 42.8 Å². The zero-order valence-electron chi connectivity index (χ0n) is 16.9. The minimum atomic E-state index is -3.71. The van der Waals surface area contributed by atoms with Crippen molar-refractivity contribution in [2.24, 2.45) is 5.10 Å². The first-order valence-corrected chi connectivity index (χ1v) is 12.2. The van der Waals surface area contributed by atoms with E-state index in [1.165, 1.54) is 23.5 Å². The summed E-state index contributed by atoms with van der Waals surface area (Å²) in [4.78, 5) is 13.2. The second kappa shape index (κ2) is 9.12. The summed E-state index contributed by atoms with van der Waals surface area (Å²) in [6.07, 6.45) is 0. The van der Waals surface area contributed by atoms with E-state index in [9.17, 15) is 13.2 Å². The highest BCUT2D eigenvalue weighted by molar-refractivity contribution is 7.92. The molecule has 1 aromatic heterocycles. The third kappa shape index (κ3) is 4.67. The van der Waals surface area contributed by atoms with Crippen molar-refractivity contribution in [2.45, 2.75) is 11.8 Å². The van der Waals surface area contributed by atoms with E-state index in [-0.39, 0.29) is 4.90 Å². The van der Waals surface area contributed by atoms with Crippen LogP contribution >= 0.6 is 22.9 Å².